The number of benzene rings is 1. The average Bonchev–Trinajstić information content (AvgIpc) is 2.44. The van der Waals surface area contributed by atoms with Gasteiger partial charge in [0, 0.05) is 18.5 Å². The molecule has 0 saturated heterocycles. The largest absolute Gasteiger partial charge is 0.265 e. The number of fused-ring (bicyclic) bond motifs is 1. The quantitative estimate of drug-likeness (QED) is 0.654. The topological polar surface area (TPSA) is 17.8 Å². The minimum atomic E-state index is -0.613. The van der Waals surface area contributed by atoms with Crippen LogP contribution in [0.4, 0.5) is 8.78 Å². The van der Waals surface area contributed by atoms with E-state index >= 15 is 0 Å². The van der Waals surface area contributed by atoms with E-state index in [4.69, 9.17) is 0 Å². The highest BCUT2D eigenvalue weighted by Gasteiger charge is 2.13. The molecule has 0 N–H and O–H groups in total. The molecular formula is C8H5BrF2N2. The molecule has 2 rings (SSSR count). The number of nitrogens with zero attached hydrogens (tertiary/aromatic N) is 2. The third-order valence-corrected chi connectivity index (χ3v) is 2.67. The van der Waals surface area contributed by atoms with Crippen LogP contribution in [-0.2, 0) is 7.05 Å². The normalized spacial score (nSPS) is 11.1. The Bertz CT molecular complexity index is 478. The number of aromatic nitrogens is 2. The van der Waals surface area contributed by atoms with Crippen LogP contribution in [0, 0.1) is 11.6 Å². The Morgan fingerprint density at radius 1 is 1.38 bits per heavy atom. The first kappa shape index (κ1) is 8.62. The van der Waals surface area contributed by atoms with E-state index in [1.165, 1.54) is 10.9 Å². The van der Waals surface area contributed by atoms with Gasteiger partial charge in [0.15, 0.2) is 5.82 Å². The van der Waals surface area contributed by atoms with Crippen LogP contribution in [0.1, 0.15) is 0 Å². The molecular weight excluding hydrogens is 242 g/mol. The number of halogens is 3. The molecule has 0 spiro atoms. The van der Waals surface area contributed by atoms with E-state index in [0.717, 1.165) is 6.07 Å². The first-order chi connectivity index (χ1) is 6.11. The summed E-state index contributed by atoms with van der Waals surface area (Å²) in [5, 5.41) is 4.28. The van der Waals surface area contributed by atoms with Gasteiger partial charge in [-0.2, -0.15) is 5.10 Å². The van der Waals surface area contributed by atoms with Crippen molar-refractivity contribution < 1.29 is 8.78 Å². The summed E-state index contributed by atoms with van der Waals surface area (Å²) in [5.74, 6) is -1.21. The Hall–Kier alpha value is -0.970. The molecule has 0 saturated carbocycles. The molecule has 13 heavy (non-hydrogen) atoms. The lowest BCUT2D eigenvalue weighted by Gasteiger charge is -1.99. The summed E-state index contributed by atoms with van der Waals surface area (Å²) in [7, 11) is 1.61. The van der Waals surface area contributed by atoms with Crippen LogP contribution in [-0.4, -0.2) is 9.78 Å². The number of hydrogen-bond donors (Lipinski definition) is 0. The Kier molecular flexibility index (Phi) is 1.83. The molecule has 0 aliphatic rings. The maximum absolute atomic E-state index is 13.2. The van der Waals surface area contributed by atoms with E-state index in [2.05, 4.69) is 21.0 Å². The van der Waals surface area contributed by atoms with Gasteiger partial charge in [0.25, 0.3) is 0 Å². The van der Waals surface area contributed by atoms with Gasteiger partial charge >= 0.3 is 0 Å². The molecule has 0 aliphatic carbocycles. The minimum Gasteiger partial charge on any atom is -0.265 e. The SMILES string of the molecule is Cn1ncc2c(Br)c(F)cc(F)c21. The van der Waals surface area contributed by atoms with Gasteiger partial charge in [-0.25, -0.2) is 8.78 Å². The van der Waals surface area contributed by atoms with Crippen molar-refractivity contribution in [2.75, 3.05) is 0 Å². The predicted octanol–water partition coefficient (Wildman–Crippen LogP) is 2.61. The Morgan fingerprint density at radius 2 is 2.08 bits per heavy atom. The van der Waals surface area contributed by atoms with Crippen LogP contribution in [0.25, 0.3) is 10.9 Å². The Morgan fingerprint density at radius 3 is 2.77 bits per heavy atom. The molecule has 0 amide bonds. The molecule has 1 aromatic heterocycles. The summed E-state index contributed by atoms with van der Waals surface area (Å²) in [4.78, 5) is 0. The van der Waals surface area contributed by atoms with E-state index in [1.807, 2.05) is 0 Å². The van der Waals surface area contributed by atoms with Crippen molar-refractivity contribution in [1.29, 1.82) is 0 Å². The molecule has 0 unspecified atom stereocenters. The third-order valence-electron chi connectivity index (χ3n) is 1.86. The zero-order valence-corrected chi connectivity index (χ0v) is 8.27. The molecule has 5 heteroatoms. The van der Waals surface area contributed by atoms with E-state index in [1.54, 1.807) is 7.05 Å². The highest BCUT2D eigenvalue weighted by molar-refractivity contribution is 9.10. The highest BCUT2D eigenvalue weighted by atomic mass is 79.9. The lowest BCUT2D eigenvalue weighted by molar-refractivity contribution is 0.582. The van der Waals surface area contributed by atoms with E-state index in [9.17, 15) is 8.78 Å². The van der Waals surface area contributed by atoms with Crippen molar-refractivity contribution in [3.8, 4) is 0 Å². The molecule has 68 valence electrons. The van der Waals surface area contributed by atoms with Crippen LogP contribution in [0.5, 0.6) is 0 Å². The van der Waals surface area contributed by atoms with Gasteiger partial charge in [0.05, 0.1) is 10.7 Å². The second kappa shape index (κ2) is 2.77. The van der Waals surface area contributed by atoms with E-state index < -0.39 is 11.6 Å². The van der Waals surface area contributed by atoms with Gasteiger partial charge in [-0.15, -0.1) is 0 Å². The van der Waals surface area contributed by atoms with Crippen molar-refractivity contribution in [2.45, 2.75) is 0 Å². The van der Waals surface area contributed by atoms with E-state index in [0.29, 0.717) is 10.9 Å². The first-order valence-electron chi connectivity index (χ1n) is 3.56. The van der Waals surface area contributed by atoms with Crippen molar-refractivity contribution in [1.82, 2.24) is 9.78 Å². The van der Waals surface area contributed by atoms with Gasteiger partial charge in [-0.1, -0.05) is 0 Å². The standard InChI is InChI=1S/C8H5BrF2N2/c1-13-8-4(3-12-13)7(9)5(10)2-6(8)11/h2-3H,1H3. The Labute approximate surface area is 81.3 Å². The molecule has 0 aliphatic heterocycles. The number of hydrogen-bond acceptors (Lipinski definition) is 1. The molecule has 0 radical (unpaired) electrons. The van der Waals surface area contributed by atoms with Crippen molar-refractivity contribution in [3.05, 3.63) is 28.4 Å². The number of aryl methyl sites for hydroxylation is 1. The van der Waals surface area contributed by atoms with E-state index in [-0.39, 0.29) is 4.47 Å². The zero-order chi connectivity index (χ0) is 9.59. The zero-order valence-electron chi connectivity index (χ0n) is 6.68. The second-order valence-electron chi connectivity index (χ2n) is 2.68. The van der Waals surface area contributed by atoms with Crippen LogP contribution in [0.15, 0.2) is 16.7 Å². The molecule has 0 fully saturated rings. The fraction of sp³-hybridized carbons (Fsp3) is 0.125. The van der Waals surface area contributed by atoms with Gasteiger partial charge in [-0.05, 0) is 15.9 Å². The van der Waals surface area contributed by atoms with Crippen LogP contribution in [0.3, 0.4) is 0 Å². The summed E-state index contributed by atoms with van der Waals surface area (Å²) < 4.78 is 27.8. The summed E-state index contributed by atoms with van der Waals surface area (Å²) in [6, 6.07) is 0.841. The first-order valence-corrected chi connectivity index (χ1v) is 4.35. The lowest BCUT2D eigenvalue weighted by atomic mass is 10.2. The molecule has 0 atom stereocenters. The molecule has 2 nitrogen and oxygen atoms in total. The summed E-state index contributed by atoms with van der Waals surface area (Å²) in [6.07, 6.45) is 1.42. The van der Waals surface area contributed by atoms with Crippen LogP contribution in [0.2, 0.25) is 0 Å². The number of rotatable bonds is 0. The van der Waals surface area contributed by atoms with Crippen molar-refractivity contribution in [2.24, 2.45) is 7.05 Å². The molecule has 1 aromatic carbocycles. The predicted molar refractivity (Wildman–Crippen MR) is 48.3 cm³/mol. The molecule has 2 aromatic rings. The summed E-state index contributed by atoms with van der Waals surface area (Å²) in [5.41, 5.74) is 0.299. The average molecular weight is 247 g/mol. The monoisotopic (exact) mass is 246 g/mol. The van der Waals surface area contributed by atoms with Crippen molar-refractivity contribution >= 4 is 26.8 Å². The lowest BCUT2D eigenvalue weighted by Crippen LogP contribution is -1.93. The van der Waals surface area contributed by atoms with Crippen molar-refractivity contribution in [3.63, 3.8) is 0 Å². The smallest absolute Gasteiger partial charge is 0.152 e. The maximum atomic E-state index is 13.2. The summed E-state index contributed by atoms with van der Waals surface area (Å²) >= 11 is 3.03. The van der Waals surface area contributed by atoms with Gasteiger partial charge in [-0.3, -0.25) is 4.68 Å². The fourth-order valence-corrected chi connectivity index (χ4v) is 1.66. The molecule has 1 heterocycles. The van der Waals surface area contributed by atoms with Crippen LogP contribution >= 0.6 is 15.9 Å². The highest BCUT2D eigenvalue weighted by Crippen LogP contribution is 2.28. The summed E-state index contributed by atoms with van der Waals surface area (Å²) in [6.45, 7) is 0. The van der Waals surface area contributed by atoms with Gasteiger partial charge in [0.1, 0.15) is 11.3 Å². The van der Waals surface area contributed by atoms with Crippen LogP contribution < -0.4 is 0 Å². The van der Waals surface area contributed by atoms with Gasteiger partial charge in [0.2, 0.25) is 0 Å². The Balaban J connectivity index is 2.99. The fourth-order valence-electron chi connectivity index (χ4n) is 1.25. The maximum Gasteiger partial charge on any atom is 0.152 e. The van der Waals surface area contributed by atoms with Gasteiger partial charge < -0.3 is 0 Å². The minimum absolute atomic E-state index is 0.247. The third kappa shape index (κ3) is 1.14. The molecule has 0 bridgehead atoms. The second-order valence-corrected chi connectivity index (χ2v) is 3.48.